The molecule has 1 heterocycles. The number of aliphatic hydroxyl groups excluding tert-OH is 1. The zero-order valence-electron chi connectivity index (χ0n) is 12.5. The molecule has 0 spiro atoms. The molecule has 2 N–H and O–H groups in total. The van der Waals surface area contributed by atoms with Crippen LogP contribution in [-0.2, 0) is 0 Å². The predicted molar refractivity (Wildman–Crippen MR) is 87.1 cm³/mol. The largest absolute Gasteiger partial charge is 0.391 e. The number of aromatic amines is 1. The number of aliphatic hydroxyl groups is 1. The molecule has 4 heteroatoms. The van der Waals surface area contributed by atoms with E-state index in [9.17, 15) is 9.90 Å². The first kappa shape index (κ1) is 15.4. The van der Waals surface area contributed by atoms with Crippen LogP contribution < -0.4 is 5.56 Å². The predicted octanol–water partition coefficient (Wildman–Crippen LogP) is 2.74. The Labute approximate surface area is 124 Å². The SMILES string of the molecule is CCC(CC)C(O)CN=Cc1cc2ccccc2[nH]c1=O. The van der Waals surface area contributed by atoms with Crippen molar-refractivity contribution in [2.24, 2.45) is 10.9 Å². The minimum absolute atomic E-state index is 0.158. The van der Waals surface area contributed by atoms with Gasteiger partial charge in [0.15, 0.2) is 0 Å². The van der Waals surface area contributed by atoms with Gasteiger partial charge in [0.05, 0.1) is 18.2 Å². The van der Waals surface area contributed by atoms with Crippen molar-refractivity contribution in [3.05, 3.63) is 46.2 Å². The Morgan fingerprint density at radius 3 is 2.71 bits per heavy atom. The van der Waals surface area contributed by atoms with Crippen molar-refractivity contribution in [2.45, 2.75) is 32.8 Å². The van der Waals surface area contributed by atoms with E-state index < -0.39 is 6.10 Å². The number of hydrogen-bond donors (Lipinski definition) is 2. The fraction of sp³-hybridized carbons (Fsp3) is 0.412. The third kappa shape index (κ3) is 3.79. The quantitative estimate of drug-likeness (QED) is 0.802. The molecule has 0 bridgehead atoms. The van der Waals surface area contributed by atoms with Gasteiger partial charge in [0.1, 0.15) is 0 Å². The van der Waals surface area contributed by atoms with Gasteiger partial charge in [-0.25, -0.2) is 0 Å². The molecule has 112 valence electrons. The Morgan fingerprint density at radius 1 is 1.29 bits per heavy atom. The molecule has 2 aromatic rings. The van der Waals surface area contributed by atoms with Gasteiger partial charge in [0, 0.05) is 11.7 Å². The first-order chi connectivity index (χ1) is 10.2. The number of nitrogens with zero attached hydrogens (tertiary/aromatic N) is 1. The van der Waals surface area contributed by atoms with Crippen LogP contribution >= 0.6 is 0 Å². The third-order valence-corrected chi connectivity index (χ3v) is 3.90. The number of pyridine rings is 1. The Bertz CT molecular complexity index is 672. The van der Waals surface area contributed by atoms with Crippen LogP contribution in [0.25, 0.3) is 10.9 Å². The van der Waals surface area contributed by atoms with Crippen molar-refractivity contribution in [2.75, 3.05) is 6.54 Å². The summed E-state index contributed by atoms with van der Waals surface area (Å²) in [5, 5.41) is 11.0. The maximum absolute atomic E-state index is 11.9. The highest BCUT2D eigenvalue weighted by Gasteiger charge is 2.14. The number of aliphatic imine (C=N–C) groups is 1. The molecule has 0 aliphatic rings. The molecule has 0 fully saturated rings. The smallest absolute Gasteiger partial charge is 0.257 e. The number of nitrogens with one attached hydrogen (secondary N) is 1. The first-order valence-corrected chi connectivity index (χ1v) is 7.45. The highest BCUT2D eigenvalue weighted by molar-refractivity contribution is 5.87. The van der Waals surface area contributed by atoms with Gasteiger partial charge >= 0.3 is 0 Å². The van der Waals surface area contributed by atoms with E-state index in [0.29, 0.717) is 12.1 Å². The summed E-state index contributed by atoms with van der Waals surface area (Å²) in [4.78, 5) is 19.0. The fourth-order valence-electron chi connectivity index (χ4n) is 2.50. The molecule has 1 aromatic carbocycles. The fourth-order valence-corrected chi connectivity index (χ4v) is 2.50. The van der Waals surface area contributed by atoms with Crippen molar-refractivity contribution in [1.29, 1.82) is 0 Å². The van der Waals surface area contributed by atoms with Crippen LogP contribution in [0.2, 0.25) is 0 Å². The molecule has 0 saturated carbocycles. The maximum Gasteiger partial charge on any atom is 0.257 e. The molecule has 4 nitrogen and oxygen atoms in total. The van der Waals surface area contributed by atoms with E-state index in [1.165, 1.54) is 0 Å². The molecule has 0 amide bonds. The highest BCUT2D eigenvalue weighted by atomic mass is 16.3. The van der Waals surface area contributed by atoms with E-state index in [0.717, 1.165) is 23.7 Å². The van der Waals surface area contributed by atoms with Crippen LogP contribution in [0.3, 0.4) is 0 Å². The van der Waals surface area contributed by atoms with Crippen LogP contribution in [0.15, 0.2) is 40.1 Å². The molecule has 1 unspecified atom stereocenters. The van der Waals surface area contributed by atoms with Gasteiger partial charge in [0.25, 0.3) is 5.56 Å². The maximum atomic E-state index is 11.9. The molecule has 0 saturated heterocycles. The number of H-pyrrole nitrogens is 1. The van der Waals surface area contributed by atoms with Crippen LogP contribution in [0, 0.1) is 5.92 Å². The summed E-state index contributed by atoms with van der Waals surface area (Å²) in [6.07, 6.45) is 2.97. The van der Waals surface area contributed by atoms with E-state index >= 15 is 0 Å². The highest BCUT2D eigenvalue weighted by Crippen LogP contribution is 2.13. The lowest BCUT2D eigenvalue weighted by Gasteiger charge is -2.17. The third-order valence-electron chi connectivity index (χ3n) is 3.90. The van der Waals surface area contributed by atoms with E-state index in [1.54, 1.807) is 6.21 Å². The zero-order valence-corrected chi connectivity index (χ0v) is 12.5. The second-order valence-electron chi connectivity index (χ2n) is 5.28. The molecule has 0 radical (unpaired) electrons. The summed E-state index contributed by atoms with van der Waals surface area (Å²) < 4.78 is 0. The molecule has 21 heavy (non-hydrogen) atoms. The van der Waals surface area contributed by atoms with Crippen LogP contribution in [0.5, 0.6) is 0 Å². The summed E-state index contributed by atoms with van der Waals surface area (Å²) in [6, 6.07) is 9.45. The Hall–Kier alpha value is -1.94. The standard InChI is InChI=1S/C17H22N2O2/c1-3-12(4-2)16(20)11-18-10-14-9-13-7-5-6-8-15(13)19-17(14)21/h5-10,12,16,20H,3-4,11H2,1-2H3,(H,19,21). The monoisotopic (exact) mass is 286 g/mol. The molecule has 0 aliphatic heterocycles. The lowest BCUT2D eigenvalue weighted by atomic mass is 9.97. The van der Waals surface area contributed by atoms with Gasteiger partial charge in [-0.15, -0.1) is 0 Å². The summed E-state index contributed by atoms with van der Waals surface area (Å²) >= 11 is 0. The molecule has 2 rings (SSSR count). The number of benzene rings is 1. The number of aromatic nitrogens is 1. The second kappa shape index (κ2) is 7.18. The zero-order chi connectivity index (χ0) is 15.2. The number of hydrogen-bond acceptors (Lipinski definition) is 3. The van der Waals surface area contributed by atoms with Crippen LogP contribution in [-0.4, -0.2) is 29.0 Å². The molecule has 1 atom stereocenters. The molecule has 1 aromatic heterocycles. The van der Waals surface area contributed by atoms with Gasteiger partial charge < -0.3 is 10.1 Å². The normalized spacial score (nSPS) is 13.3. The lowest BCUT2D eigenvalue weighted by molar-refractivity contribution is 0.111. The Morgan fingerprint density at radius 2 is 2.00 bits per heavy atom. The van der Waals surface area contributed by atoms with Crippen LogP contribution in [0.1, 0.15) is 32.3 Å². The van der Waals surface area contributed by atoms with Crippen molar-refractivity contribution in [1.82, 2.24) is 4.98 Å². The number of fused-ring (bicyclic) bond motifs is 1. The van der Waals surface area contributed by atoms with Crippen molar-refractivity contribution < 1.29 is 5.11 Å². The van der Waals surface area contributed by atoms with E-state index in [4.69, 9.17) is 0 Å². The summed E-state index contributed by atoms with van der Waals surface area (Å²) in [5.74, 6) is 0.261. The van der Waals surface area contributed by atoms with Crippen molar-refractivity contribution in [3.8, 4) is 0 Å². The van der Waals surface area contributed by atoms with Gasteiger partial charge in [-0.3, -0.25) is 9.79 Å². The van der Waals surface area contributed by atoms with Crippen molar-refractivity contribution >= 4 is 17.1 Å². The van der Waals surface area contributed by atoms with Crippen LogP contribution in [0.4, 0.5) is 0 Å². The number of para-hydroxylation sites is 1. The van der Waals surface area contributed by atoms with Gasteiger partial charge in [0.2, 0.25) is 0 Å². The van der Waals surface area contributed by atoms with E-state index in [1.807, 2.05) is 30.3 Å². The minimum atomic E-state index is -0.448. The minimum Gasteiger partial charge on any atom is -0.391 e. The molecular formula is C17H22N2O2. The Kier molecular flexibility index (Phi) is 5.28. The van der Waals surface area contributed by atoms with E-state index in [-0.39, 0.29) is 11.5 Å². The average molecular weight is 286 g/mol. The van der Waals surface area contributed by atoms with E-state index in [2.05, 4.69) is 23.8 Å². The lowest BCUT2D eigenvalue weighted by Crippen LogP contribution is -2.22. The number of rotatable bonds is 6. The van der Waals surface area contributed by atoms with Crippen molar-refractivity contribution in [3.63, 3.8) is 0 Å². The van der Waals surface area contributed by atoms with Gasteiger partial charge in [-0.05, 0) is 23.4 Å². The molecular weight excluding hydrogens is 264 g/mol. The van der Waals surface area contributed by atoms with Gasteiger partial charge in [-0.1, -0.05) is 44.9 Å². The summed E-state index contributed by atoms with van der Waals surface area (Å²) in [7, 11) is 0. The summed E-state index contributed by atoms with van der Waals surface area (Å²) in [5.41, 5.74) is 1.18. The average Bonchev–Trinajstić information content (AvgIpc) is 2.49. The topological polar surface area (TPSA) is 65.5 Å². The first-order valence-electron chi connectivity index (χ1n) is 7.45. The molecule has 0 aliphatic carbocycles. The Balaban J connectivity index is 2.14. The second-order valence-corrected chi connectivity index (χ2v) is 5.28. The summed E-state index contributed by atoms with van der Waals surface area (Å²) in [6.45, 7) is 4.46. The van der Waals surface area contributed by atoms with Gasteiger partial charge in [-0.2, -0.15) is 0 Å².